The summed E-state index contributed by atoms with van der Waals surface area (Å²) in [6.07, 6.45) is 0.344. The first-order valence-electron chi connectivity index (χ1n) is 10.4. The highest BCUT2D eigenvalue weighted by atomic mass is 16.7. The second kappa shape index (κ2) is 12.4. The summed E-state index contributed by atoms with van der Waals surface area (Å²) in [5, 5.41) is 0. The third-order valence-electron chi connectivity index (χ3n) is 4.87. The molecule has 0 bridgehead atoms. The molecule has 2 N–H and O–H groups in total. The number of hydrogen-bond acceptors (Lipinski definition) is 4. The number of nitrogens with two attached hydrogens (primary N) is 1. The van der Waals surface area contributed by atoms with E-state index >= 15 is 0 Å². The van der Waals surface area contributed by atoms with Gasteiger partial charge in [0, 0.05) is 25.7 Å². The van der Waals surface area contributed by atoms with E-state index < -0.39 is 12.3 Å². The largest absolute Gasteiger partial charge is 0.351 e. The Morgan fingerprint density at radius 1 is 0.931 bits per heavy atom. The molecule has 1 atom stereocenters. The Morgan fingerprint density at radius 2 is 1.41 bits per heavy atom. The van der Waals surface area contributed by atoms with E-state index in [4.69, 9.17) is 15.2 Å². The predicted octanol–water partition coefficient (Wildman–Crippen LogP) is 3.78. The molecule has 29 heavy (non-hydrogen) atoms. The first-order valence-corrected chi connectivity index (χ1v) is 10.4. The predicted molar refractivity (Wildman–Crippen MR) is 117 cm³/mol. The second-order valence-corrected chi connectivity index (χ2v) is 7.08. The SMILES string of the molecule is CCOC(CN(CCC(c1ccccc1)c1ccccc1)C(=O)C(C)N)OCC. The van der Waals surface area contributed by atoms with Crippen LogP contribution in [0, 0.1) is 0 Å². The minimum Gasteiger partial charge on any atom is -0.351 e. The summed E-state index contributed by atoms with van der Waals surface area (Å²) in [5.74, 6) is 0.104. The van der Waals surface area contributed by atoms with Gasteiger partial charge >= 0.3 is 0 Å². The molecule has 5 heteroatoms. The highest BCUT2D eigenvalue weighted by molar-refractivity contribution is 5.81. The molecule has 2 aromatic carbocycles. The Morgan fingerprint density at radius 3 is 1.83 bits per heavy atom. The third-order valence-corrected chi connectivity index (χ3v) is 4.87. The lowest BCUT2D eigenvalue weighted by Gasteiger charge is -2.30. The van der Waals surface area contributed by atoms with E-state index in [0.29, 0.717) is 26.3 Å². The molecule has 0 aromatic heterocycles. The summed E-state index contributed by atoms with van der Waals surface area (Å²) in [7, 11) is 0. The Hall–Kier alpha value is -2.21. The molecule has 2 rings (SSSR count). The van der Waals surface area contributed by atoms with Gasteiger partial charge in [0.15, 0.2) is 6.29 Å². The standard InChI is InChI=1S/C24H34N2O3/c1-4-28-23(29-5-2)18-26(24(27)19(3)25)17-16-22(20-12-8-6-9-13-20)21-14-10-7-11-15-21/h6-15,19,22-23H,4-5,16-18,25H2,1-3H3. The molecule has 0 saturated carbocycles. The Balaban J connectivity index is 2.19. The number of amides is 1. The van der Waals surface area contributed by atoms with E-state index in [0.717, 1.165) is 6.42 Å². The van der Waals surface area contributed by atoms with E-state index in [-0.39, 0.29) is 11.8 Å². The zero-order valence-electron chi connectivity index (χ0n) is 17.8. The Bertz CT molecular complexity index is 661. The van der Waals surface area contributed by atoms with Crippen LogP contribution in [0.2, 0.25) is 0 Å². The van der Waals surface area contributed by atoms with Gasteiger partial charge in [0.25, 0.3) is 0 Å². The van der Waals surface area contributed by atoms with Crippen molar-refractivity contribution in [3.63, 3.8) is 0 Å². The van der Waals surface area contributed by atoms with Gasteiger partial charge in [-0.25, -0.2) is 0 Å². The third kappa shape index (κ3) is 7.28. The maximum Gasteiger partial charge on any atom is 0.239 e. The van der Waals surface area contributed by atoms with Crippen LogP contribution in [-0.2, 0) is 14.3 Å². The van der Waals surface area contributed by atoms with Gasteiger partial charge in [0.05, 0.1) is 12.6 Å². The summed E-state index contributed by atoms with van der Waals surface area (Å²) in [6.45, 7) is 7.57. The van der Waals surface area contributed by atoms with Crippen molar-refractivity contribution in [1.82, 2.24) is 4.90 Å². The smallest absolute Gasteiger partial charge is 0.239 e. The molecular formula is C24H34N2O3. The van der Waals surface area contributed by atoms with Gasteiger partial charge in [-0.3, -0.25) is 4.79 Å². The molecule has 0 heterocycles. The normalized spacial score (nSPS) is 12.3. The van der Waals surface area contributed by atoms with Crippen molar-refractivity contribution in [3.8, 4) is 0 Å². The van der Waals surface area contributed by atoms with Crippen LogP contribution in [0.25, 0.3) is 0 Å². The quantitative estimate of drug-likeness (QED) is 0.553. The molecule has 1 amide bonds. The monoisotopic (exact) mass is 398 g/mol. The van der Waals surface area contributed by atoms with Gasteiger partial charge < -0.3 is 20.1 Å². The molecule has 5 nitrogen and oxygen atoms in total. The average Bonchev–Trinajstić information content (AvgIpc) is 2.74. The summed E-state index contributed by atoms with van der Waals surface area (Å²) in [4.78, 5) is 14.5. The van der Waals surface area contributed by atoms with E-state index in [1.54, 1.807) is 11.8 Å². The summed E-state index contributed by atoms with van der Waals surface area (Å²) in [5.41, 5.74) is 8.38. The zero-order valence-corrected chi connectivity index (χ0v) is 17.8. The molecule has 0 saturated heterocycles. The molecule has 0 spiro atoms. The van der Waals surface area contributed by atoms with E-state index in [2.05, 4.69) is 48.5 Å². The molecule has 0 aliphatic rings. The highest BCUT2D eigenvalue weighted by Gasteiger charge is 2.24. The van der Waals surface area contributed by atoms with E-state index in [9.17, 15) is 4.79 Å². The fourth-order valence-corrected chi connectivity index (χ4v) is 3.47. The lowest BCUT2D eigenvalue weighted by molar-refractivity contribution is -0.159. The van der Waals surface area contributed by atoms with Crippen molar-refractivity contribution in [1.29, 1.82) is 0 Å². The molecular weight excluding hydrogens is 364 g/mol. The van der Waals surface area contributed by atoms with E-state index in [1.165, 1.54) is 11.1 Å². The molecule has 0 radical (unpaired) electrons. The summed E-state index contributed by atoms with van der Waals surface area (Å²) >= 11 is 0. The molecule has 0 fully saturated rings. The van der Waals surface area contributed by atoms with Crippen LogP contribution in [-0.4, -0.2) is 49.4 Å². The molecule has 0 aliphatic heterocycles. The van der Waals surface area contributed by atoms with Crippen LogP contribution in [0.3, 0.4) is 0 Å². The van der Waals surface area contributed by atoms with Crippen LogP contribution >= 0.6 is 0 Å². The van der Waals surface area contributed by atoms with Crippen molar-refractivity contribution >= 4 is 5.91 Å². The second-order valence-electron chi connectivity index (χ2n) is 7.08. The molecule has 1 unspecified atom stereocenters. The molecule has 158 valence electrons. The van der Waals surface area contributed by atoms with Gasteiger partial charge in [-0.2, -0.15) is 0 Å². The van der Waals surface area contributed by atoms with Crippen molar-refractivity contribution in [2.75, 3.05) is 26.3 Å². The summed E-state index contributed by atoms with van der Waals surface area (Å²) < 4.78 is 11.3. The van der Waals surface area contributed by atoms with Gasteiger partial charge in [-0.15, -0.1) is 0 Å². The van der Waals surface area contributed by atoms with Crippen molar-refractivity contribution < 1.29 is 14.3 Å². The lowest BCUT2D eigenvalue weighted by atomic mass is 9.88. The van der Waals surface area contributed by atoms with Crippen LogP contribution < -0.4 is 5.73 Å². The van der Waals surface area contributed by atoms with Gasteiger partial charge in [-0.05, 0) is 38.3 Å². The number of rotatable bonds is 12. The Kier molecular flexibility index (Phi) is 9.84. The lowest BCUT2D eigenvalue weighted by Crippen LogP contribution is -2.47. The van der Waals surface area contributed by atoms with Crippen molar-refractivity contribution in [2.24, 2.45) is 5.73 Å². The number of ether oxygens (including phenoxy) is 2. The molecule has 2 aromatic rings. The maximum absolute atomic E-state index is 12.8. The minimum absolute atomic E-state index is 0.0886. The first-order chi connectivity index (χ1) is 14.1. The van der Waals surface area contributed by atoms with Crippen LogP contribution in [0.15, 0.2) is 60.7 Å². The van der Waals surface area contributed by atoms with Crippen LogP contribution in [0.5, 0.6) is 0 Å². The van der Waals surface area contributed by atoms with E-state index in [1.807, 2.05) is 26.0 Å². The average molecular weight is 399 g/mol. The summed E-state index contributed by atoms with van der Waals surface area (Å²) in [6, 6.07) is 20.2. The first kappa shape index (κ1) is 23.1. The fourth-order valence-electron chi connectivity index (χ4n) is 3.47. The molecule has 0 aliphatic carbocycles. The number of nitrogens with zero attached hydrogens (tertiary/aromatic N) is 1. The minimum atomic E-state index is -0.564. The van der Waals surface area contributed by atoms with Gasteiger partial charge in [-0.1, -0.05) is 60.7 Å². The number of hydrogen-bond donors (Lipinski definition) is 1. The van der Waals surface area contributed by atoms with Crippen molar-refractivity contribution in [2.45, 2.75) is 45.4 Å². The highest BCUT2D eigenvalue weighted by Crippen LogP contribution is 2.28. The number of benzene rings is 2. The fraction of sp³-hybridized carbons (Fsp3) is 0.458. The van der Waals surface area contributed by atoms with Gasteiger partial charge in [0.2, 0.25) is 5.91 Å². The van der Waals surface area contributed by atoms with Crippen LogP contribution in [0.1, 0.15) is 44.2 Å². The van der Waals surface area contributed by atoms with Crippen molar-refractivity contribution in [3.05, 3.63) is 71.8 Å². The maximum atomic E-state index is 12.8. The van der Waals surface area contributed by atoms with Crippen LogP contribution in [0.4, 0.5) is 0 Å². The topological polar surface area (TPSA) is 64.8 Å². The number of carbonyl (C=O) groups is 1. The van der Waals surface area contributed by atoms with Gasteiger partial charge in [0.1, 0.15) is 0 Å². The zero-order chi connectivity index (χ0) is 21.1. The number of carbonyl (C=O) groups excluding carboxylic acids is 1. The Labute approximate surface area is 174 Å².